The molecule has 0 aromatic heterocycles. The first-order valence-corrected chi connectivity index (χ1v) is 11.0. The van der Waals surface area contributed by atoms with E-state index >= 15 is 0 Å². The molecule has 3 aromatic carbocycles. The molecule has 0 saturated carbocycles. The quantitative estimate of drug-likeness (QED) is 0.370. The van der Waals surface area contributed by atoms with E-state index in [0.29, 0.717) is 5.69 Å². The van der Waals surface area contributed by atoms with Crippen LogP contribution in [0.1, 0.15) is 34.1 Å². The van der Waals surface area contributed by atoms with Crippen LogP contribution in [-0.2, 0) is 14.4 Å². The van der Waals surface area contributed by atoms with Gasteiger partial charge in [0.15, 0.2) is 0 Å². The van der Waals surface area contributed by atoms with E-state index in [-0.39, 0.29) is 29.3 Å². The van der Waals surface area contributed by atoms with Crippen LogP contribution < -0.4 is 5.32 Å². The zero-order chi connectivity index (χ0) is 23.6. The first kappa shape index (κ1) is 20.3. The Bertz CT molecular complexity index is 1270. The van der Waals surface area contributed by atoms with Crippen molar-refractivity contribution in [1.82, 2.24) is 4.90 Å². The molecule has 1 heterocycles. The highest BCUT2D eigenvalue weighted by Gasteiger charge is 2.61. The molecule has 3 aromatic rings. The Morgan fingerprint density at radius 1 is 0.794 bits per heavy atom. The number of likely N-dealkylation sites (tertiary alicyclic amines) is 1. The molecule has 2 atom stereocenters. The van der Waals surface area contributed by atoms with Crippen molar-refractivity contribution in [3.05, 3.63) is 105 Å². The van der Waals surface area contributed by atoms with Gasteiger partial charge in [0.2, 0.25) is 17.7 Å². The number of nitrogens with one attached hydrogen (secondary N) is 1. The van der Waals surface area contributed by atoms with Crippen LogP contribution in [0.5, 0.6) is 0 Å². The van der Waals surface area contributed by atoms with Gasteiger partial charge >= 0.3 is 0 Å². The summed E-state index contributed by atoms with van der Waals surface area (Å²) in [7, 11) is 0. The number of rotatable bonds is 4. The second-order valence-electron chi connectivity index (χ2n) is 8.88. The Hall–Kier alpha value is -4.33. The van der Waals surface area contributed by atoms with Crippen LogP contribution in [0.15, 0.2) is 72.8 Å². The third kappa shape index (κ3) is 2.81. The second kappa shape index (κ2) is 7.34. The molecule has 0 spiro atoms. The van der Waals surface area contributed by atoms with Gasteiger partial charge in [0.05, 0.1) is 16.8 Å². The normalized spacial score (nSPS) is 23.8. The number of nitro groups is 1. The predicted octanol–water partition coefficient (Wildman–Crippen LogP) is 3.43. The van der Waals surface area contributed by atoms with E-state index in [4.69, 9.17) is 0 Å². The summed E-state index contributed by atoms with van der Waals surface area (Å²) in [6.45, 7) is -0.395. The van der Waals surface area contributed by atoms with Crippen LogP contribution in [-0.4, -0.2) is 34.1 Å². The molecule has 8 heteroatoms. The number of carbonyl (C=O) groups is 3. The zero-order valence-corrected chi connectivity index (χ0v) is 17.9. The Balaban J connectivity index is 1.29. The summed E-state index contributed by atoms with van der Waals surface area (Å²) in [4.78, 5) is 51.1. The Morgan fingerprint density at radius 3 is 1.65 bits per heavy atom. The maximum Gasteiger partial charge on any atom is 0.269 e. The van der Waals surface area contributed by atoms with E-state index in [1.54, 1.807) is 0 Å². The third-order valence-corrected chi connectivity index (χ3v) is 7.20. The highest BCUT2D eigenvalue weighted by molar-refractivity contribution is 6.10. The van der Waals surface area contributed by atoms with Crippen molar-refractivity contribution in [2.45, 2.75) is 11.8 Å². The van der Waals surface area contributed by atoms with E-state index < -0.39 is 29.2 Å². The van der Waals surface area contributed by atoms with E-state index in [2.05, 4.69) is 5.32 Å². The van der Waals surface area contributed by atoms with Gasteiger partial charge in [0, 0.05) is 29.7 Å². The van der Waals surface area contributed by atoms with E-state index in [0.717, 1.165) is 27.2 Å². The summed E-state index contributed by atoms with van der Waals surface area (Å²) in [6.07, 6.45) is 0. The summed E-state index contributed by atoms with van der Waals surface area (Å²) in [5, 5.41) is 13.4. The summed E-state index contributed by atoms with van der Waals surface area (Å²) in [6, 6.07) is 21.3. The van der Waals surface area contributed by atoms with Crippen LogP contribution >= 0.6 is 0 Å². The smallest absolute Gasteiger partial charge is 0.269 e. The van der Waals surface area contributed by atoms with Gasteiger partial charge < -0.3 is 5.32 Å². The number of benzene rings is 3. The molecule has 3 aliphatic carbocycles. The van der Waals surface area contributed by atoms with Crippen molar-refractivity contribution in [1.29, 1.82) is 0 Å². The van der Waals surface area contributed by atoms with Gasteiger partial charge in [-0.3, -0.25) is 29.4 Å². The van der Waals surface area contributed by atoms with Gasteiger partial charge in [-0.2, -0.15) is 0 Å². The lowest BCUT2D eigenvalue weighted by molar-refractivity contribution is -0.384. The van der Waals surface area contributed by atoms with E-state index in [1.807, 2.05) is 48.5 Å². The number of imide groups is 1. The lowest BCUT2D eigenvalue weighted by Crippen LogP contribution is -2.41. The van der Waals surface area contributed by atoms with Gasteiger partial charge in [-0.1, -0.05) is 48.5 Å². The van der Waals surface area contributed by atoms with Crippen molar-refractivity contribution in [3.63, 3.8) is 0 Å². The predicted molar refractivity (Wildman–Crippen MR) is 122 cm³/mol. The molecular formula is C26H19N3O5. The van der Waals surface area contributed by atoms with Crippen molar-refractivity contribution in [2.24, 2.45) is 11.8 Å². The van der Waals surface area contributed by atoms with Crippen LogP contribution in [0.25, 0.3) is 0 Å². The summed E-state index contributed by atoms with van der Waals surface area (Å²) in [5.41, 5.74) is 4.56. The fourth-order valence-corrected chi connectivity index (χ4v) is 5.91. The van der Waals surface area contributed by atoms with Crippen LogP contribution in [0.2, 0.25) is 0 Å². The maximum absolute atomic E-state index is 13.5. The number of anilines is 1. The van der Waals surface area contributed by atoms with Crippen LogP contribution in [0, 0.1) is 22.0 Å². The zero-order valence-electron chi connectivity index (χ0n) is 17.9. The topological polar surface area (TPSA) is 110 Å². The molecule has 8 nitrogen and oxygen atoms in total. The lowest BCUT2D eigenvalue weighted by Gasteiger charge is -2.45. The minimum Gasteiger partial charge on any atom is -0.325 e. The number of nitrogens with zero attached hydrogens (tertiary/aromatic N) is 2. The highest BCUT2D eigenvalue weighted by atomic mass is 16.6. The summed E-state index contributed by atoms with van der Waals surface area (Å²) in [5.74, 6) is -2.69. The molecule has 2 bridgehead atoms. The number of nitro benzene ring substituents is 1. The van der Waals surface area contributed by atoms with Crippen molar-refractivity contribution in [3.8, 4) is 0 Å². The van der Waals surface area contributed by atoms with Gasteiger partial charge in [0.25, 0.3) is 5.69 Å². The van der Waals surface area contributed by atoms with Gasteiger partial charge in [-0.15, -0.1) is 0 Å². The van der Waals surface area contributed by atoms with Gasteiger partial charge in [-0.25, -0.2) is 0 Å². The number of carbonyl (C=O) groups excluding carboxylic acids is 3. The Kier molecular flexibility index (Phi) is 4.38. The SMILES string of the molecule is O=C(CN1C(=O)[C@H]2C3c4ccccc4C(c4ccccc43)[C@@H]2C1=O)Nc1ccc([N+](=O)[O-])cc1. The lowest BCUT2D eigenvalue weighted by atomic mass is 9.55. The molecule has 1 fully saturated rings. The Labute approximate surface area is 194 Å². The number of non-ortho nitro benzene ring substituents is 1. The molecule has 0 unspecified atom stereocenters. The largest absolute Gasteiger partial charge is 0.325 e. The first-order valence-electron chi connectivity index (χ1n) is 11.0. The minimum absolute atomic E-state index is 0.0958. The molecule has 1 aliphatic heterocycles. The first-order chi connectivity index (χ1) is 16.5. The Morgan fingerprint density at radius 2 is 1.24 bits per heavy atom. The van der Waals surface area contributed by atoms with Crippen LogP contribution in [0.4, 0.5) is 11.4 Å². The molecule has 34 heavy (non-hydrogen) atoms. The van der Waals surface area contributed by atoms with E-state index in [1.165, 1.54) is 24.3 Å². The molecule has 7 rings (SSSR count). The average Bonchev–Trinajstić information content (AvgIpc) is 3.09. The minimum atomic E-state index is -0.533. The van der Waals surface area contributed by atoms with Gasteiger partial charge in [-0.05, 0) is 34.4 Å². The number of hydrogen-bond acceptors (Lipinski definition) is 5. The summed E-state index contributed by atoms with van der Waals surface area (Å²) < 4.78 is 0. The third-order valence-electron chi connectivity index (χ3n) is 7.20. The molecule has 3 amide bonds. The fraction of sp³-hybridized carbons (Fsp3) is 0.192. The average molecular weight is 453 g/mol. The fourth-order valence-electron chi connectivity index (χ4n) is 5.91. The van der Waals surface area contributed by atoms with Crippen molar-refractivity contribution < 1.29 is 19.3 Å². The maximum atomic E-state index is 13.5. The molecule has 168 valence electrons. The van der Waals surface area contributed by atoms with Crippen molar-refractivity contribution in [2.75, 3.05) is 11.9 Å². The van der Waals surface area contributed by atoms with E-state index in [9.17, 15) is 24.5 Å². The van der Waals surface area contributed by atoms with Crippen molar-refractivity contribution >= 4 is 29.1 Å². The van der Waals surface area contributed by atoms with Crippen LogP contribution in [0.3, 0.4) is 0 Å². The highest BCUT2D eigenvalue weighted by Crippen LogP contribution is 2.60. The summed E-state index contributed by atoms with van der Waals surface area (Å²) >= 11 is 0. The second-order valence-corrected chi connectivity index (χ2v) is 8.88. The number of hydrogen-bond donors (Lipinski definition) is 1. The number of amides is 3. The molecule has 0 radical (unpaired) electrons. The molecular weight excluding hydrogens is 434 g/mol. The molecule has 1 saturated heterocycles. The molecule has 4 aliphatic rings. The monoisotopic (exact) mass is 453 g/mol. The standard InChI is InChI=1S/C26H19N3O5/c30-20(27-14-9-11-15(12-10-14)29(33)34)13-28-25(31)23-21-16-5-1-2-6-17(16)22(24(23)26(28)32)19-8-4-3-7-18(19)21/h1-12,21-24H,13H2,(H,27,30)/t21?,22?,23-,24-/m0/s1. The molecule has 1 N–H and O–H groups in total. The van der Waals surface area contributed by atoms with Gasteiger partial charge in [0.1, 0.15) is 6.54 Å².